The van der Waals surface area contributed by atoms with Crippen molar-refractivity contribution in [3.05, 3.63) is 0 Å². The number of carbonyl (C=O) groups is 3. The Labute approximate surface area is 143 Å². The highest BCUT2D eigenvalue weighted by Crippen LogP contribution is 2.21. The Hall–Kier alpha value is -1.79. The van der Waals surface area contributed by atoms with E-state index in [0.717, 1.165) is 25.7 Å². The lowest BCUT2D eigenvalue weighted by molar-refractivity contribution is -0.128. The first-order valence-corrected chi connectivity index (χ1v) is 8.79. The molecule has 3 amide bonds. The van der Waals surface area contributed by atoms with Gasteiger partial charge >= 0.3 is 6.09 Å². The van der Waals surface area contributed by atoms with Crippen molar-refractivity contribution in [1.82, 2.24) is 16.0 Å². The molecule has 1 aliphatic heterocycles. The molecule has 2 atom stereocenters. The predicted octanol–water partition coefficient (Wildman–Crippen LogP) is 1.46. The summed E-state index contributed by atoms with van der Waals surface area (Å²) in [6, 6.07) is -0.134. The van der Waals surface area contributed by atoms with Gasteiger partial charge in [0.1, 0.15) is 5.60 Å². The zero-order chi connectivity index (χ0) is 17.7. The van der Waals surface area contributed by atoms with Crippen molar-refractivity contribution >= 4 is 17.9 Å². The summed E-state index contributed by atoms with van der Waals surface area (Å²) in [7, 11) is 0. The third-order valence-corrected chi connectivity index (χ3v) is 4.06. The van der Waals surface area contributed by atoms with E-state index in [0.29, 0.717) is 13.0 Å². The summed E-state index contributed by atoms with van der Waals surface area (Å²) < 4.78 is 5.28. The van der Waals surface area contributed by atoms with E-state index in [1.54, 1.807) is 20.8 Å². The molecule has 0 bridgehead atoms. The van der Waals surface area contributed by atoms with Gasteiger partial charge in [-0.3, -0.25) is 9.59 Å². The first kappa shape index (κ1) is 18.5. The van der Waals surface area contributed by atoms with Gasteiger partial charge in [-0.15, -0.1) is 0 Å². The number of piperidine rings is 1. The van der Waals surface area contributed by atoms with Crippen molar-refractivity contribution in [2.24, 2.45) is 5.92 Å². The Morgan fingerprint density at radius 1 is 1.29 bits per heavy atom. The molecule has 1 aliphatic carbocycles. The molecule has 2 rings (SSSR count). The fourth-order valence-electron chi connectivity index (χ4n) is 2.81. The van der Waals surface area contributed by atoms with Crippen LogP contribution < -0.4 is 16.0 Å². The van der Waals surface area contributed by atoms with Crippen LogP contribution in [0.5, 0.6) is 0 Å². The maximum atomic E-state index is 12.1. The van der Waals surface area contributed by atoms with Gasteiger partial charge < -0.3 is 20.7 Å². The zero-order valence-electron chi connectivity index (χ0n) is 14.8. The zero-order valence-corrected chi connectivity index (χ0v) is 14.8. The second-order valence-electron chi connectivity index (χ2n) is 7.75. The van der Waals surface area contributed by atoms with Gasteiger partial charge in [-0.1, -0.05) is 0 Å². The van der Waals surface area contributed by atoms with Gasteiger partial charge in [-0.2, -0.15) is 0 Å². The molecule has 0 spiro atoms. The standard InChI is InChI=1S/C17H29N3O4/c1-17(2,3)24-16(23)20-13(10-14(21)19-12-6-7-12)9-11-5-4-8-18-15(11)22/h11-13H,4-10H2,1-3H3,(H,18,22)(H,19,21)(H,20,23)/t11-,13?/m0/s1. The van der Waals surface area contributed by atoms with Gasteiger partial charge in [-0.05, 0) is 52.9 Å². The van der Waals surface area contributed by atoms with Crippen molar-refractivity contribution < 1.29 is 19.1 Å². The van der Waals surface area contributed by atoms with E-state index in [1.165, 1.54) is 0 Å². The molecule has 3 N–H and O–H groups in total. The van der Waals surface area contributed by atoms with Gasteiger partial charge in [0.25, 0.3) is 0 Å². The third kappa shape index (κ3) is 6.76. The van der Waals surface area contributed by atoms with E-state index in [2.05, 4.69) is 16.0 Å². The molecule has 0 aromatic heterocycles. The average Bonchev–Trinajstić information content (AvgIpc) is 3.22. The van der Waals surface area contributed by atoms with E-state index in [-0.39, 0.29) is 30.2 Å². The van der Waals surface area contributed by atoms with Gasteiger partial charge in [0, 0.05) is 31.0 Å². The van der Waals surface area contributed by atoms with E-state index in [4.69, 9.17) is 4.74 Å². The Kier molecular flexibility index (Phi) is 6.07. The van der Waals surface area contributed by atoms with E-state index in [1.807, 2.05) is 0 Å². The summed E-state index contributed by atoms with van der Waals surface area (Å²) in [4.78, 5) is 36.1. The lowest BCUT2D eigenvalue weighted by Crippen LogP contribution is -2.45. The number of carbonyl (C=O) groups excluding carboxylic acids is 3. The van der Waals surface area contributed by atoms with E-state index < -0.39 is 17.7 Å². The minimum atomic E-state index is -0.604. The monoisotopic (exact) mass is 339 g/mol. The Bertz CT molecular complexity index is 483. The molecule has 136 valence electrons. The summed E-state index contributed by atoms with van der Waals surface area (Å²) >= 11 is 0. The fraction of sp³-hybridized carbons (Fsp3) is 0.824. The maximum Gasteiger partial charge on any atom is 0.407 e. The van der Waals surface area contributed by atoms with Crippen LogP contribution in [0.1, 0.15) is 59.3 Å². The van der Waals surface area contributed by atoms with Crippen LogP contribution in [0.3, 0.4) is 0 Å². The van der Waals surface area contributed by atoms with Crippen LogP contribution in [0.15, 0.2) is 0 Å². The molecule has 1 saturated carbocycles. The predicted molar refractivity (Wildman–Crippen MR) is 89.3 cm³/mol. The van der Waals surface area contributed by atoms with E-state index in [9.17, 15) is 14.4 Å². The van der Waals surface area contributed by atoms with Crippen LogP contribution in [0.4, 0.5) is 4.79 Å². The fourth-order valence-corrected chi connectivity index (χ4v) is 2.81. The third-order valence-electron chi connectivity index (χ3n) is 4.06. The second kappa shape index (κ2) is 7.85. The van der Waals surface area contributed by atoms with Gasteiger partial charge in [0.05, 0.1) is 0 Å². The molecule has 2 aliphatic rings. The van der Waals surface area contributed by atoms with E-state index >= 15 is 0 Å². The van der Waals surface area contributed by atoms with Crippen molar-refractivity contribution in [2.75, 3.05) is 6.54 Å². The lowest BCUT2D eigenvalue weighted by Gasteiger charge is -2.28. The molecule has 0 aromatic rings. The molecular weight excluding hydrogens is 310 g/mol. The van der Waals surface area contributed by atoms with Crippen molar-refractivity contribution in [2.45, 2.75) is 77.0 Å². The minimum Gasteiger partial charge on any atom is -0.444 e. The molecule has 1 heterocycles. The number of amides is 3. The first-order valence-electron chi connectivity index (χ1n) is 8.79. The highest BCUT2D eigenvalue weighted by molar-refractivity contribution is 5.80. The van der Waals surface area contributed by atoms with Crippen LogP contribution in [0, 0.1) is 5.92 Å². The lowest BCUT2D eigenvalue weighted by atomic mass is 9.90. The average molecular weight is 339 g/mol. The molecule has 7 heteroatoms. The topological polar surface area (TPSA) is 96.5 Å². The summed E-state index contributed by atoms with van der Waals surface area (Å²) in [5, 5.41) is 8.53. The summed E-state index contributed by atoms with van der Waals surface area (Å²) in [5.74, 6) is -0.262. The molecule has 24 heavy (non-hydrogen) atoms. The summed E-state index contributed by atoms with van der Waals surface area (Å²) in [6.07, 6.45) is 3.79. The number of rotatable bonds is 6. The van der Waals surface area contributed by atoms with Gasteiger partial charge in [-0.25, -0.2) is 4.79 Å². The largest absolute Gasteiger partial charge is 0.444 e. The first-order chi connectivity index (χ1) is 11.2. The summed E-state index contributed by atoms with van der Waals surface area (Å²) in [6.45, 7) is 6.06. The molecule has 0 aromatic carbocycles. The van der Waals surface area contributed by atoms with Crippen LogP contribution in [-0.2, 0) is 14.3 Å². The SMILES string of the molecule is CC(C)(C)OC(=O)NC(CC(=O)NC1CC1)C[C@@H]1CCCNC1=O. The van der Waals surface area contributed by atoms with Crippen molar-refractivity contribution in [3.63, 3.8) is 0 Å². The summed E-state index contributed by atoms with van der Waals surface area (Å²) in [5.41, 5.74) is -0.604. The molecule has 1 unspecified atom stereocenters. The quantitative estimate of drug-likeness (QED) is 0.682. The Morgan fingerprint density at radius 3 is 2.58 bits per heavy atom. The van der Waals surface area contributed by atoms with Crippen molar-refractivity contribution in [3.8, 4) is 0 Å². The van der Waals surface area contributed by atoms with Crippen LogP contribution in [0.2, 0.25) is 0 Å². The Balaban J connectivity index is 1.92. The Morgan fingerprint density at radius 2 is 2.00 bits per heavy atom. The molecule has 1 saturated heterocycles. The maximum absolute atomic E-state index is 12.1. The van der Waals surface area contributed by atoms with Crippen molar-refractivity contribution in [1.29, 1.82) is 0 Å². The highest BCUT2D eigenvalue weighted by Gasteiger charge is 2.30. The normalized spacial score (nSPS) is 22.3. The minimum absolute atomic E-state index is 0.000148. The second-order valence-corrected chi connectivity index (χ2v) is 7.75. The number of hydrogen-bond donors (Lipinski definition) is 3. The van der Waals surface area contributed by atoms with Crippen LogP contribution in [0.25, 0.3) is 0 Å². The van der Waals surface area contributed by atoms with Gasteiger partial charge in [0.2, 0.25) is 11.8 Å². The number of nitrogens with one attached hydrogen (secondary N) is 3. The smallest absolute Gasteiger partial charge is 0.407 e. The van der Waals surface area contributed by atoms with Gasteiger partial charge in [0.15, 0.2) is 0 Å². The van der Waals surface area contributed by atoms with Crippen LogP contribution in [-0.4, -0.2) is 42.1 Å². The number of ether oxygens (including phenoxy) is 1. The molecular formula is C17H29N3O4. The number of alkyl carbamates (subject to hydrolysis) is 1. The molecule has 2 fully saturated rings. The number of hydrogen-bond acceptors (Lipinski definition) is 4. The molecule has 7 nitrogen and oxygen atoms in total. The molecule has 0 radical (unpaired) electrons. The highest BCUT2D eigenvalue weighted by atomic mass is 16.6. The van der Waals surface area contributed by atoms with Crippen LogP contribution >= 0.6 is 0 Å².